The van der Waals surface area contributed by atoms with E-state index in [9.17, 15) is 4.79 Å². The monoisotopic (exact) mass is 500 g/mol. The van der Waals surface area contributed by atoms with Crippen molar-refractivity contribution in [3.63, 3.8) is 0 Å². The average molecular weight is 501 g/mol. The maximum Gasteiger partial charge on any atom is 0.262 e. The summed E-state index contributed by atoms with van der Waals surface area (Å²) in [5.41, 5.74) is 1.41. The second-order valence-corrected chi connectivity index (χ2v) is 11.6. The lowest BCUT2D eigenvalue weighted by Crippen LogP contribution is -2.47. The summed E-state index contributed by atoms with van der Waals surface area (Å²) < 4.78 is 1.84. The maximum absolute atomic E-state index is 13.4. The molecule has 1 saturated heterocycles. The van der Waals surface area contributed by atoms with Crippen molar-refractivity contribution in [3.05, 3.63) is 63.7 Å². The smallest absolute Gasteiger partial charge is 0.262 e. The van der Waals surface area contributed by atoms with E-state index in [-0.39, 0.29) is 5.56 Å². The van der Waals surface area contributed by atoms with Crippen LogP contribution in [0.5, 0.6) is 0 Å². The Morgan fingerprint density at radius 3 is 2.67 bits per heavy atom. The Hall–Kier alpha value is -2.81. The van der Waals surface area contributed by atoms with E-state index in [1.54, 1.807) is 17.7 Å². The predicted molar refractivity (Wildman–Crippen MR) is 146 cm³/mol. The van der Waals surface area contributed by atoms with E-state index in [1.807, 2.05) is 10.8 Å². The molecule has 0 atom stereocenters. The van der Waals surface area contributed by atoms with Gasteiger partial charge in [-0.05, 0) is 42.2 Å². The number of hydrogen-bond donors (Lipinski definition) is 0. The molecule has 3 aromatic heterocycles. The SMILES string of the molecule is O=c1c2c3c(sc2ncn1CCN1CCN(c2nccc4ccccc24)CC1)CN(CC1CC1)CC3. The summed E-state index contributed by atoms with van der Waals surface area (Å²) in [5, 5.41) is 3.34. The topological polar surface area (TPSA) is 57.5 Å². The van der Waals surface area contributed by atoms with Crippen LogP contribution in [0.4, 0.5) is 5.82 Å². The largest absolute Gasteiger partial charge is 0.354 e. The number of piperazine rings is 1. The molecule has 0 spiro atoms. The summed E-state index contributed by atoms with van der Waals surface area (Å²) >= 11 is 1.73. The molecule has 5 heterocycles. The second-order valence-electron chi connectivity index (χ2n) is 10.5. The van der Waals surface area contributed by atoms with Crippen molar-refractivity contribution >= 4 is 38.1 Å². The first-order valence-electron chi connectivity index (χ1n) is 13.3. The van der Waals surface area contributed by atoms with Crippen LogP contribution in [-0.2, 0) is 19.5 Å². The van der Waals surface area contributed by atoms with Crippen LogP contribution in [0.3, 0.4) is 0 Å². The fourth-order valence-electron chi connectivity index (χ4n) is 5.84. The van der Waals surface area contributed by atoms with E-state index < -0.39 is 0 Å². The normalized spacial score (nSPS) is 19.3. The van der Waals surface area contributed by atoms with Crippen molar-refractivity contribution in [3.8, 4) is 0 Å². The summed E-state index contributed by atoms with van der Waals surface area (Å²) in [4.78, 5) is 32.6. The minimum atomic E-state index is 0.145. The molecule has 3 aliphatic rings. The number of fused-ring (bicyclic) bond motifs is 4. The highest BCUT2D eigenvalue weighted by Crippen LogP contribution is 2.35. The third kappa shape index (κ3) is 4.21. The molecule has 8 heteroatoms. The molecule has 0 unspecified atom stereocenters. The first-order chi connectivity index (χ1) is 17.7. The van der Waals surface area contributed by atoms with Crippen LogP contribution in [0.2, 0.25) is 0 Å². The zero-order chi connectivity index (χ0) is 24.1. The molecule has 1 aromatic carbocycles. The van der Waals surface area contributed by atoms with Gasteiger partial charge in [-0.2, -0.15) is 0 Å². The average Bonchev–Trinajstić information content (AvgIpc) is 3.65. The molecule has 1 saturated carbocycles. The lowest BCUT2D eigenvalue weighted by molar-refractivity contribution is 0.246. The number of aromatic nitrogens is 3. The fraction of sp³-hybridized carbons (Fsp3) is 0.464. The lowest BCUT2D eigenvalue weighted by atomic mass is 10.1. The predicted octanol–water partition coefficient (Wildman–Crippen LogP) is 3.60. The molecule has 0 amide bonds. The third-order valence-electron chi connectivity index (χ3n) is 8.10. The zero-order valence-corrected chi connectivity index (χ0v) is 21.4. The quantitative estimate of drug-likeness (QED) is 0.403. The molecule has 2 fully saturated rings. The standard InChI is InChI=1S/C28H32N6OS/c35-28-25-23-8-10-32(17-20-5-6-20)18-24(23)36-27(25)30-19-34(28)16-13-31-11-14-33(15-12-31)26-22-4-2-1-3-21(22)7-9-29-26/h1-4,7,9,19-20H,5-6,8,10-18H2. The van der Waals surface area contributed by atoms with Crippen LogP contribution in [0.25, 0.3) is 21.0 Å². The number of pyridine rings is 1. The van der Waals surface area contributed by atoms with Crippen LogP contribution in [0, 0.1) is 5.92 Å². The second kappa shape index (κ2) is 9.25. The third-order valence-corrected chi connectivity index (χ3v) is 9.23. The highest BCUT2D eigenvalue weighted by atomic mass is 32.1. The molecular weight excluding hydrogens is 468 g/mol. The number of hydrogen-bond acceptors (Lipinski definition) is 7. The molecule has 0 N–H and O–H groups in total. The van der Waals surface area contributed by atoms with E-state index in [4.69, 9.17) is 9.97 Å². The van der Waals surface area contributed by atoms with Gasteiger partial charge in [0, 0.05) is 75.4 Å². The van der Waals surface area contributed by atoms with Crippen molar-refractivity contribution in [2.24, 2.45) is 5.92 Å². The van der Waals surface area contributed by atoms with Gasteiger partial charge < -0.3 is 4.90 Å². The Bertz CT molecular complexity index is 1460. The number of rotatable bonds is 6. The molecule has 1 aliphatic carbocycles. The lowest BCUT2D eigenvalue weighted by Gasteiger charge is -2.35. The Morgan fingerprint density at radius 2 is 1.81 bits per heavy atom. The fourth-order valence-corrected chi connectivity index (χ4v) is 7.06. The number of anilines is 1. The van der Waals surface area contributed by atoms with E-state index in [0.717, 1.165) is 74.2 Å². The van der Waals surface area contributed by atoms with E-state index in [0.29, 0.717) is 6.54 Å². The summed E-state index contributed by atoms with van der Waals surface area (Å²) in [6, 6.07) is 10.5. The highest BCUT2D eigenvalue weighted by Gasteiger charge is 2.29. The van der Waals surface area contributed by atoms with Gasteiger partial charge in [0.25, 0.3) is 5.56 Å². The summed E-state index contributed by atoms with van der Waals surface area (Å²) in [6.45, 7) is 8.67. The Morgan fingerprint density at radius 1 is 0.944 bits per heavy atom. The van der Waals surface area contributed by atoms with Crippen LogP contribution in [0.15, 0.2) is 47.7 Å². The number of benzene rings is 1. The Balaban J connectivity index is 1.02. The van der Waals surface area contributed by atoms with Gasteiger partial charge in [-0.15, -0.1) is 11.3 Å². The van der Waals surface area contributed by atoms with Gasteiger partial charge in [0.1, 0.15) is 10.6 Å². The van der Waals surface area contributed by atoms with Crippen molar-refractivity contribution in [2.45, 2.75) is 32.4 Å². The van der Waals surface area contributed by atoms with Gasteiger partial charge in [-0.25, -0.2) is 9.97 Å². The van der Waals surface area contributed by atoms with Crippen molar-refractivity contribution in [2.75, 3.05) is 50.7 Å². The maximum atomic E-state index is 13.4. The van der Waals surface area contributed by atoms with Gasteiger partial charge in [0.15, 0.2) is 0 Å². The number of nitrogens with zero attached hydrogens (tertiary/aromatic N) is 6. The van der Waals surface area contributed by atoms with E-state index >= 15 is 0 Å². The van der Waals surface area contributed by atoms with Crippen molar-refractivity contribution < 1.29 is 0 Å². The Kier molecular flexibility index (Phi) is 5.75. The van der Waals surface area contributed by atoms with E-state index in [2.05, 4.69) is 45.0 Å². The summed E-state index contributed by atoms with van der Waals surface area (Å²) in [5.74, 6) is 1.98. The van der Waals surface area contributed by atoms with E-state index in [1.165, 1.54) is 40.6 Å². The molecule has 7 nitrogen and oxygen atoms in total. The van der Waals surface area contributed by atoms with Gasteiger partial charge in [-0.3, -0.25) is 19.2 Å². The van der Waals surface area contributed by atoms with Crippen LogP contribution in [0.1, 0.15) is 23.3 Å². The molecular formula is C28H32N6OS. The minimum Gasteiger partial charge on any atom is -0.354 e. The highest BCUT2D eigenvalue weighted by molar-refractivity contribution is 7.18. The van der Waals surface area contributed by atoms with Crippen LogP contribution < -0.4 is 10.5 Å². The van der Waals surface area contributed by atoms with Crippen molar-refractivity contribution in [1.82, 2.24) is 24.3 Å². The first-order valence-corrected chi connectivity index (χ1v) is 14.1. The van der Waals surface area contributed by atoms with Crippen LogP contribution >= 0.6 is 11.3 Å². The van der Waals surface area contributed by atoms with Gasteiger partial charge in [0.05, 0.1) is 11.7 Å². The van der Waals surface area contributed by atoms with Gasteiger partial charge >= 0.3 is 0 Å². The molecule has 36 heavy (non-hydrogen) atoms. The Labute approximate surface area is 215 Å². The molecule has 7 rings (SSSR count). The molecule has 186 valence electrons. The summed E-state index contributed by atoms with van der Waals surface area (Å²) in [6.07, 6.45) is 7.43. The number of thiophene rings is 1. The molecule has 0 radical (unpaired) electrons. The van der Waals surface area contributed by atoms with Crippen LogP contribution in [-0.4, -0.2) is 70.1 Å². The van der Waals surface area contributed by atoms with Crippen molar-refractivity contribution in [1.29, 1.82) is 0 Å². The zero-order valence-electron chi connectivity index (χ0n) is 20.6. The first kappa shape index (κ1) is 22.4. The summed E-state index contributed by atoms with van der Waals surface area (Å²) in [7, 11) is 0. The van der Waals surface area contributed by atoms with Gasteiger partial charge in [0.2, 0.25) is 0 Å². The molecule has 0 bridgehead atoms. The molecule has 2 aliphatic heterocycles. The molecule has 4 aromatic rings. The minimum absolute atomic E-state index is 0.145. The van der Waals surface area contributed by atoms with Gasteiger partial charge in [-0.1, -0.05) is 24.3 Å².